The fraction of sp³-hybridized carbons (Fsp3) is 0.419. The van der Waals surface area contributed by atoms with Gasteiger partial charge in [0.2, 0.25) is 0 Å². The van der Waals surface area contributed by atoms with E-state index in [-0.39, 0.29) is 106 Å². The van der Waals surface area contributed by atoms with Gasteiger partial charge in [0, 0.05) is 25.2 Å². The average molecular weight is 1030 g/mol. The van der Waals surface area contributed by atoms with Crippen LogP contribution in [0.25, 0.3) is 0 Å². The first kappa shape index (κ1) is 40.4. The molecular formula is C31H42N4O5U2. The van der Waals surface area contributed by atoms with Crippen molar-refractivity contribution in [2.45, 2.75) is 67.1 Å². The zero-order chi connectivity index (χ0) is 28.9. The van der Waals surface area contributed by atoms with Crippen LogP contribution >= 0.6 is 0 Å². The van der Waals surface area contributed by atoms with E-state index in [1.807, 2.05) is 0 Å². The van der Waals surface area contributed by atoms with Gasteiger partial charge in [0.05, 0.1) is 19.3 Å². The molecule has 0 bridgehead atoms. The molecule has 11 heteroatoms. The summed E-state index contributed by atoms with van der Waals surface area (Å²) in [5, 5.41) is 22.3. The minimum atomic E-state index is -0.669. The van der Waals surface area contributed by atoms with Crippen molar-refractivity contribution in [3.8, 4) is 5.88 Å². The third-order valence-corrected chi connectivity index (χ3v) is 6.17. The van der Waals surface area contributed by atoms with E-state index in [0.717, 1.165) is 11.1 Å². The maximum Gasteiger partial charge on any atom is 2.00 e. The summed E-state index contributed by atoms with van der Waals surface area (Å²) in [6, 6.07) is 7.84. The molecule has 0 aliphatic rings. The van der Waals surface area contributed by atoms with Crippen LogP contribution in [0, 0.1) is 94.6 Å². The Morgan fingerprint density at radius 3 is 2.17 bits per heavy atom. The Kier molecular flexibility index (Phi) is 17.6. The van der Waals surface area contributed by atoms with Gasteiger partial charge in [-0.15, -0.1) is 38.8 Å². The van der Waals surface area contributed by atoms with Crippen molar-refractivity contribution in [1.29, 1.82) is 0 Å². The Bertz CT molecular complexity index is 1270. The Hall–Kier alpha value is -1.59. The van der Waals surface area contributed by atoms with Crippen LogP contribution in [0.15, 0.2) is 28.7 Å². The smallest absolute Gasteiger partial charge is 0.536 e. The van der Waals surface area contributed by atoms with Crippen molar-refractivity contribution in [2.75, 3.05) is 30.4 Å². The first-order valence-corrected chi connectivity index (χ1v) is 13.0. The van der Waals surface area contributed by atoms with Crippen molar-refractivity contribution < 1.29 is 86.4 Å². The quantitative estimate of drug-likeness (QED) is 0.218. The molecule has 1 amide bonds. The number of methoxy groups -OCH3 is 1. The van der Waals surface area contributed by atoms with Crippen molar-refractivity contribution in [2.24, 2.45) is 0 Å². The summed E-state index contributed by atoms with van der Waals surface area (Å²) in [5.74, 6) is 3.13. The van der Waals surface area contributed by atoms with Gasteiger partial charge in [-0.05, 0) is 32.2 Å². The number of aromatic nitrogens is 2. The summed E-state index contributed by atoms with van der Waals surface area (Å²) < 4.78 is 11.2. The van der Waals surface area contributed by atoms with Gasteiger partial charge in [0.25, 0.3) is 5.91 Å². The monoisotopic (exact) mass is 1030 g/mol. The number of carbonyl (C=O) groups excluding carboxylic acids is 1. The van der Waals surface area contributed by atoms with Crippen LogP contribution < -0.4 is 15.0 Å². The number of aliphatic hydroxyl groups excluding tert-OH is 2. The molecule has 9 nitrogen and oxygen atoms in total. The van der Waals surface area contributed by atoms with Crippen LogP contribution in [-0.4, -0.2) is 58.5 Å². The van der Waals surface area contributed by atoms with Gasteiger partial charge >= 0.3 is 62.2 Å². The SMILES string of the molecule is COc1nc(N(CC(C)O)CC(C)O)n[c-]c1NC(=O)c1ccc(Cc2cc([C-](C)C)c([C-](C)C)cc2C)o1.[CH3-].[U+2].[U+2]. The van der Waals surface area contributed by atoms with Crippen LogP contribution in [0.1, 0.15) is 80.1 Å². The second-order valence-corrected chi connectivity index (χ2v) is 10.3. The Balaban J connectivity index is 0.00000560. The van der Waals surface area contributed by atoms with Gasteiger partial charge in [-0.25, -0.2) is 24.0 Å². The zero-order valence-electron chi connectivity index (χ0n) is 26.0. The molecule has 2 atom stereocenters. The Morgan fingerprint density at radius 2 is 1.64 bits per heavy atom. The predicted molar refractivity (Wildman–Crippen MR) is 157 cm³/mol. The number of ether oxygens (including phenoxy) is 1. The topological polar surface area (TPSA) is 121 Å². The number of aliphatic hydroxyl groups is 2. The first-order valence-electron chi connectivity index (χ1n) is 13.0. The molecule has 2 heterocycles. The van der Waals surface area contributed by atoms with E-state index in [9.17, 15) is 15.0 Å². The van der Waals surface area contributed by atoms with Gasteiger partial charge in [-0.2, -0.15) is 0 Å². The van der Waals surface area contributed by atoms with Crippen LogP contribution in [0.3, 0.4) is 0 Å². The fourth-order valence-corrected chi connectivity index (χ4v) is 4.30. The molecule has 3 aromatic rings. The summed E-state index contributed by atoms with van der Waals surface area (Å²) >= 11 is 0. The number of hydrogen-bond acceptors (Lipinski definition) is 8. The van der Waals surface area contributed by atoms with Crippen LogP contribution in [0.4, 0.5) is 11.6 Å². The molecule has 42 heavy (non-hydrogen) atoms. The molecule has 0 saturated heterocycles. The van der Waals surface area contributed by atoms with Gasteiger partial charge in [-0.3, -0.25) is 15.9 Å². The molecule has 2 aromatic heterocycles. The van der Waals surface area contributed by atoms with Crippen LogP contribution in [-0.2, 0) is 6.42 Å². The second-order valence-electron chi connectivity index (χ2n) is 10.3. The summed E-state index contributed by atoms with van der Waals surface area (Å²) in [5.41, 5.74) is 4.90. The molecule has 1 aromatic carbocycles. The molecule has 0 spiro atoms. The molecule has 3 N–H and O–H groups in total. The largest absolute Gasteiger partial charge is 2.00 e. The number of furan rings is 1. The van der Waals surface area contributed by atoms with E-state index in [1.165, 1.54) is 30.1 Å². The van der Waals surface area contributed by atoms with E-state index in [0.29, 0.717) is 12.2 Å². The summed E-state index contributed by atoms with van der Waals surface area (Å²) in [6.45, 7) is 14.2. The summed E-state index contributed by atoms with van der Waals surface area (Å²) in [4.78, 5) is 23.1. The van der Waals surface area contributed by atoms with E-state index < -0.39 is 18.1 Å². The van der Waals surface area contributed by atoms with Crippen LogP contribution in [0.5, 0.6) is 5.88 Å². The van der Waals surface area contributed by atoms with E-state index in [1.54, 1.807) is 30.9 Å². The number of benzene rings is 1. The molecule has 0 fully saturated rings. The van der Waals surface area contributed by atoms with Crippen molar-refractivity contribution in [3.63, 3.8) is 0 Å². The second kappa shape index (κ2) is 18.3. The maximum absolute atomic E-state index is 13.0. The Morgan fingerprint density at radius 1 is 1.07 bits per heavy atom. The molecule has 2 unspecified atom stereocenters. The average Bonchev–Trinajstić information content (AvgIpc) is 3.32. The normalized spacial score (nSPS) is 11.7. The van der Waals surface area contributed by atoms with Crippen molar-refractivity contribution in [1.82, 2.24) is 9.97 Å². The third kappa shape index (κ3) is 10.8. The van der Waals surface area contributed by atoms with E-state index >= 15 is 0 Å². The number of aryl methyl sites for hydroxylation is 1. The third-order valence-electron chi connectivity index (χ3n) is 6.17. The number of amides is 1. The summed E-state index contributed by atoms with van der Waals surface area (Å²) in [6.07, 6.45) is 1.96. The standard InChI is InChI=1S/C30H39N4O5.CH3.2U/c1-17(2)24-11-19(5)22(13-25(24)18(3)4)12-23-9-10-27(39-23)28(37)32-26-14-31-30(33-29(26)38-8)34(15-20(6)35)16-21(7)36;;;/h9-11,13,20-21,35-36H,12,15-16H2,1-8H3,(H,32,37);1H3;;/q-3;-1;2*+2. The molecule has 0 aliphatic heterocycles. The van der Waals surface area contributed by atoms with Gasteiger partial charge in [0.1, 0.15) is 17.6 Å². The van der Waals surface area contributed by atoms with Crippen molar-refractivity contribution in [3.05, 3.63) is 83.5 Å². The van der Waals surface area contributed by atoms with Crippen LogP contribution in [0.2, 0.25) is 0 Å². The molecule has 0 saturated carbocycles. The Labute approximate surface area is 298 Å². The number of hydrogen-bond donors (Lipinski definition) is 3. The number of anilines is 2. The maximum atomic E-state index is 13.0. The molecule has 0 aliphatic carbocycles. The fourth-order valence-electron chi connectivity index (χ4n) is 4.30. The number of nitrogens with zero attached hydrogens (tertiary/aromatic N) is 3. The number of carbonyl (C=O) groups is 1. The van der Waals surface area contributed by atoms with Crippen molar-refractivity contribution >= 4 is 17.5 Å². The molecule has 0 radical (unpaired) electrons. The van der Waals surface area contributed by atoms with E-state index in [2.05, 4.69) is 68.2 Å². The molecule has 224 valence electrons. The first-order chi connectivity index (χ1) is 18.4. The zero-order valence-corrected chi connectivity index (χ0v) is 34.4. The van der Waals surface area contributed by atoms with Gasteiger partial charge < -0.3 is 47.0 Å². The van der Waals surface area contributed by atoms with E-state index in [4.69, 9.17) is 9.15 Å². The number of rotatable bonds is 12. The minimum absolute atomic E-state index is 0. The molecule has 3 rings (SSSR count). The molecular weight excluding hydrogens is 984 g/mol. The van der Waals surface area contributed by atoms with Gasteiger partial charge in [-0.1, -0.05) is 6.92 Å². The number of nitrogens with one attached hydrogen (secondary N) is 1. The predicted octanol–water partition coefficient (Wildman–Crippen LogP) is 4.97. The minimum Gasteiger partial charge on any atom is -0.536 e. The summed E-state index contributed by atoms with van der Waals surface area (Å²) in [7, 11) is 1.42. The van der Waals surface area contributed by atoms with Gasteiger partial charge in [0.15, 0.2) is 5.76 Å².